The molecule has 0 aromatic heterocycles. The van der Waals surface area contributed by atoms with Crippen molar-refractivity contribution in [2.24, 2.45) is 0 Å². The van der Waals surface area contributed by atoms with E-state index in [1.54, 1.807) is 0 Å². The molecule has 150 valence electrons. The second kappa shape index (κ2) is 7.48. The minimum atomic E-state index is -0.238. The molecule has 0 spiro atoms. The van der Waals surface area contributed by atoms with Gasteiger partial charge in [0.2, 0.25) is 0 Å². The van der Waals surface area contributed by atoms with E-state index in [0.717, 1.165) is 48.4 Å². The van der Waals surface area contributed by atoms with Crippen LogP contribution in [0.4, 0.5) is 5.69 Å². The van der Waals surface area contributed by atoms with E-state index in [0.29, 0.717) is 17.0 Å². The van der Waals surface area contributed by atoms with Crippen molar-refractivity contribution in [2.75, 3.05) is 38.1 Å². The van der Waals surface area contributed by atoms with Gasteiger partial charge in [0.25, 0.3) is 11.8 Å². The molecule has 2 heterocycles. The van der Waals surface area contributed by atoms with Gasteiger partial charge in [-0.1, -0.05) is 35.9 Å². The van der Waals surface area contributed by atoms with Gasteiger partial charge in [0.15, 0.2) is 0 Å². The van der Waals surface area contributed by atoms with Gasteiger partial charge < -0.3 is 9.80 Å². The molecule has 0 unspecified atom stereocenters. The molecule has 0 bridgehead atoms. The minimum Gasteiger partial charge on any atom is -0.364 e. The van der Waals surface area contributed by atoms with E-state index in [9.17, 15) is 9.59 Å². The van der Waals surface area contributed by atoms with Crippen LogP contribution in [-0.4, -0.2) is 54.8 Å². The quantitative estimate of drug-likeness (QED) is 0.757. The number of imide groups is 1. The molecular formula is C24H27N3O2. The van der Waals surface area contributed by atoms with Gasteiger partial charge in [0.05, 0.1) is 11.3 Å². The van der Waals surface area contributed by atoms with E-state index < -0.39 is 0 Å². The van der Waals surface area contributed by atoms with Crippen LogP contribution in [0.25, 0.3) is 5.57 Å². The number of aryl methyl sites for hydroxylation is 3. The van der Waals surface area contributed by atoms with E-state index >= 15 is 0 Å². The summed E-state index contributed by atoms with van der Waals surface area (Å²) in [5, 5.41) is 0. The van der Waals surface area contributed by atoms with Crippen LogP contribution in [0.1, 0.15) is 22.3 Å². The number of benzene rings is 2. The average Bonchev–Trinajstić information content (AvgIpc) is 2.93. The number of hydrogen-bond acceptors (Lipinski definition) is 4. The first kappa shape index (κ1) is 19.4. The Bertz CT molecular complexity index is 979. The van der Waals surface area contributed by atoms with Crippen LogP contribution in [-0.2, 0) is 9.59 Å². The number of anilines is 1. The number of piperazine rings is 1. The van der Waals surface area contributed by atoms with E-state index in [1.807, 2.05) is 63.2 Å². The third-order valence-corrected chi connectivity index (χ3v) is 5.68. The molecule has 2 amide bonds. The molecule has 29 heavy (non-hydrogen) atoms. The maximum Gasteiger partial charge on any atom is 0.282 e. The number of hydrogen-bond donors (Lipinski definition) is 0. The Morgan fingerprint density at radius 1 is 0.724 bits per heavy atom. The first-order valence-electron chi connectivity index (χ1n) is 10.1. The van der Waals surface area contributed by atoms with Crippen molar-refractivity contribution < 1.29 is 9.59 Å². The molecule has 5 heteroatoms. The Kier molecular flexibility index (Phi) is 5.01. The summed E-state index contributed by atoms with van der Waals surface area (Å²) in [4.78, 5) is 32.8. The normalized spacial score (nSPS) is 18.2. The second-order valence-electron chi connectivity index (χ2n) is 8.17. The number of likely N-dealkylation sites (N-methyl/N-ethyl adjacent to an activating group) is 1. The Morgan fingerprint density at radius 2 is 1.31 bits per heavy atom. The molecule has 0 atom stereocenters. The summed E-state index contributed by atoms with van der Waals surface area (Å²) in [6, 6.07) is 13.7. The topological polar surface area (TPSA) is 43.9 Å². The molecule has 2 aromatic carbocycles. The highest BCUT2D eigenvalue weighted by Crippen LogP contribution is 2.35. The largest absolute Gasteiger partial charge is 0.364 e. The molecule has 2 aliphatic heterocycles. The molecule has 1 saturated heterocycles. The first-order chi connectivity index (χ1) is 13.8. The SMILES string of the molecule is Cc1ccc(C2=C(N3CCN(C)CC3)C(=O)N(c3cc(C)cc(C)c3)C2=O)cc1. The summed E-state index contributed by atoms with van der Waals surface area (Å²) < 4.78 is 0. The van der Waals surface area contributed by atoms with Crippen LogP contribution in [0.5, 0.6) is 0 Å². The molecule has 0 saturated carbocycles. The third-order valence-electron chi connectivity index (χ3n) is 5.68. The van der Waals surface area contributed by atoms with Gasteiger partial charge >= 0.3 is 0 Å². The summed E-state index contributed by atoms with van der Waals surface area (Å²) in [5.74, 6) is -0.460. The van der Waals surface area contributed by atoms with Gasteiger partial charge in [-0.2, -0.15) is 0 Å². The standard InChI is InChI=1S/C24H27N3O2/c1-16-5-7-19(8-6-16)21-22(26-11-9-25(4)10-12-26)24(29)27(23(21)28)20-14-17(2)13-18(3)15-20/h5-8,13-15H,9-12H2,1-4H3. The van der Waals surface area contributed by atoms with Crippen LogP contribution >= 0.6 is 0 Å². The lowest BCUT2D eigenvalue weighted by atomic mass is 10.0. The van der Waals surface area contributed by atoms with Crippen molar-refractivity contribution in [1.29, 1.82) is 0 Å². The van der Waals surface area contributed by atoms with Gasteiger partial charge in [-0.05, 0) is 56.6 Å². The average molecular weight is 389 g/mol. The molecule has 2 aliphatic rings. The summed E-state index contributed by atoms with van der Waals surface area (Å²) in [6.07, 6.45) is 0. The van der Waals surface area contributed by atoms with E-state index in [2.05, 4.69) is 16.8 Å². The fourth-order valence-electron chi connectivity index (χ4n) is 4.14. The molecule has 0 aliphatic carbocycles. The summed E-state index contributed by atoms with van der Waals surface area (Å²) in [5.41, 5.74) is 5.68. The highest BCUT2D eigenvalue weighted by Gasteiger charge is 2.43. The Hall–Kier alpha value is -2.92. The predicted octanol–water partition coefficient (Wildman–Crippen LogP) is 3.14. The van der Waals surface area contributed by atoms with E-state index in [4.69, 9.17) is 0 Å². The van der Waals surface area contributed by atoms with Gasteiger partial charge in [-0.25, -0.2) is 4.90 Å². The highest BCUT2D eigenvalue weighted by atomic mass is 16.2. The predicted molar refractivity (Wildman–Crippen MR) is 116 cm³/mol. The van der Waals surface area contributed by atoms with Crippen LogP contribution in [0, 0.1) is 20.8 Å². The Labute approximate surface area is 172 Å². The fourth-order valence-corrected chi connectivity index (χ4v) is 4.14. The molecule has 0 N–H and O–H groups in total. The summed E-state index contributed by atoms with van der Waals surface area (Å²) >= 11 is 0. The van der Waals surface area contributed by atoms with E-state index in [1.165, 1.54) is 4.90 Å². The smallest absolute Gasteiger partial charge is 0.282 e. The number of carbonyl (C=O) groups excluding carboxylic acids is 2. The minimum absolute atomic E-state index is 0.222. The number of carbonyl (C=O) groups is 2. The Morgan fingerprint density at radius 3 is 1.90 bits per heavy atom. The lowest BCUT2D eigenvalue weighted by molar-refractivity contribution is -0.120. The van der Waals surface area contributed by atoms with Crippen LogP contribution in [0.15, 0.2) is 48.2 Å². The molecule has 2 aromatic rings. The zero-order valence-electron chi connectivity index (χ0n) is 17.5. The number of rotatable bonds is 3. The highest BCUT2D eigenvalue weighted by molar-refractivity contribution is 6.45. The van der Waals surface area contributed by atoms with Gasteiger partial charge in [-0.15, -0.1) is 0 Å². The van der Waals surface area contributed by atoms with Crippen molar-refractivity contribution in [3.8, 4) is 0 Å². The zero-order valence-corrected chi connectivity index (χ0v) is 17.5. The molecular weight excluding hydrogens is 362 g/mol. The van der Waals surface area contributed by atoms with Gasteiger partial charge in [0, 0.05) is 26.2 Å². The van der Waals surface area contributed by atoms with Crippen LogP contribution < -0.4 is 4.90 Å². The van der Waals surface area contributed by atoms with Crippen molar-refractivity contribution in [2.45, 2.75) is 20.8 Å². The number of amides is 2. The third kappa shape index (κ3) is 3.58. The molecule has 1 fully saturated rings. The number of nitrogens with zero attached hydrogens (tertiary/aromatic N) is 3. The second-order valence-corrected chi connectivity index (χ2v) is 8.17. The zero-order chi connectivity index (χ0) is 20.7. The lowest BCUT2D eigenvalue weighted by Crippen LogP contribution is -2.46. The van der Waals surface area contributed by atoms with Gasteiger partial charge in [-0.3, -0.25) is 9.59 Å². The van der Waals surface area contributed by atoms with Crippen molar-refractivity contribution in [3.05, 3.63) is 70.4 Å². The monoisotopic (exact) mass is 389 g/mol. The summed E-state index contributed by atoms with van der Waals surface area (Å²) in [7, 11) is 2.08. The maximum atomic E-state index is 13.6. The molecule has 4 rings (SSSR count). The molecule has 0 radical (unpaired) electrons. The first-order valence-corrected chi connectivity index (χ1v) is 10.1. The molecule has 5 nitrogen and oxygen atoms in total. The van der Waals surface area contributed by atoms with Crippen molar-refractivity contribution >= 4 is 23.1 Å². The van der Waals surface area contributed by atoms with E-state index in [-0.39, 0.29) is 11.8 Å². The van der Waals surface area contributed by atoms with Crippen molar-refractivity contribution in [1.82, 2.24) is 9.80 Å². The maximum absolute atomic E-state index is 13.6. The lowest BCUT2D eigenvalue weighted by Gasteiger charge is -2.34. The van der Waals surface area contributed by atoms with Gasteiger partial charge in [0.1, 0.15) is 5.70 Å². The van der Waals surface area contributed by atoms with Crippen molar-refractivity contribution in [3.63, 3.8) is 0 Å². The Balaban J connectivity index is 1.82. The fraction of sp³-hybridized carbons (Fsp3) is 0.333. The van der Waals surface area contributed by atoms with Crippen LogP contribution in [0.3, 0.4) is 0 Å². The van der Waals surface area contributed by atoms with Crippen LogP contribution in [0.2, 0.25) is 0 Å². The summed E-state index contributed by atoms with van der Waals surface area (Å²) in [6.45, 7) is 9.20.